The Bertz CT molecular complexity index is 1020. The summed E-state index contributed by atoms with van der Waals surface area (Å²) in [5.41, 5.74) is 2.57. The van der Waals surface area contributed by atoms with Gasteiger partial charge in [0.05, 0.1) is 19.0 Å². The van der Waals surface area contributed by atoms with Gasteiger partial charge in [0.1, 0.15) is 5.75 Å². The zero-order chi connectivity index (χ0) is 18.0. The summed E-state index contributed by atoms with van der Waals surface area (Å²) in [5.74, 6) is -0.373. The summed E-state index contributed by atoms with van der Waals surface area (Å²) >= 11 is 0. The smallest absolute Gasteiger partial charge is 0.417 e. The molecule has 0 spiro atoms. The fourth-order valence-corrected chi connectivity index (χ4v) is 2.54. The lowest BCUT2D eigenvalue weighted by molar-refractivity contribution is -0.115. The van der Waals surface area contributed by atoms with Gasteiger partial charge in [0.15, 0.2) is 11.4 Å². The van der Waals surface area contributed by atoms with Crippen LogP contribution in [0.3, 0.4) is 0 Å². The number of Topliss-reactive ketones (excluding diaryl/α,β-unsaturated/α-hetero) is 1. The molecule has 7 nitrogen and oxygen atoms in total. The van der Waals surface area contributed by atoms with Gasteiger partial charge in [-0.2, -0.15) is 0 Å². The molecule has 128 valence electrons. The van der Waals surface area contributed by atoms with Crippen molar-refractivity contribution in [2.75, 3.05) is 12.4 Å². The Balaban J connectivity index is 1.80. The number of rotatable bonds is 5. The van der Waals surface area contributed by atoms with Gasteiger partial charge in [-0.15, -0.1) is 0 Å². The summed E-state index contributed by atoms with van der Waals surface area (Å²) in [5, 5.41) is 2.75. The molecule has 1 aromatic heterocycles. The highest BCUT2D eigenvalue weighted by molar-refractivity contribution is 5.96. The minimum atomic E-state index is -0.552. The molecule has 2 N–H and O–H groups in total. The van der Waals surface area contributed by atoms with Crippen LogP contribution in [0.25, 0.3) is 11.1 Å². The first-order valence-corrected chi connectivity index (χ1v) is 7.57. The average Bonchev–Trinajstić information content (AvgIpc) is 2.93. The number of benzene rings is 2. The first kappa shape index (κ1) is 16.5. The maximum atomic E-state index is 12.3. The summed E-state index contributed by atoms with van der Waals surface area (Å²) in [4.78, 5) is 37.5. The number of nitrogens with one attached hydrogen (secondary N) is 2. The fraction of sp³-hybridized carbons (Fsp3) is 0.167. The number of hydrogen-bond donors (Lipinski definition) is 2. The zero-order valence-electron chi connectivity index (χ0n) is 13.7. The van der Waals surface area contributed by atoms with Crippen molar-refractivity contribution in [3.05, 3.63) is 58.1 Å². The van der Waals surface area contributed by atoms with E-state index in [1.807, 2.05) is 0 Å². The van der Waals surface area contributed by atoms with Gasteiger partial charge in [-0.1, -0.05) is 0 Å². The number of aromatic amines is 1. The molecule has 1 heterocycles. The van der Waals surface area contributed by atoms with Crippen molar-refractivity contribution in [3.63, 3.8) is 0 Å². The second-order valence-electron chi connectivity index (χ2n) is 5.53. The van der Waals surface area contributed by atoms with Crippen LogP contribution in [0.1, 0.15) is 22.8 Å². The normalized spacial score (nSPS) is 10.6. The Labute approximate surface area is 142 Å². The number of ether oxygens (including phenoxy) is 1. The average molecular weight is 340 g/mol. The van der Waals surface area contributed by atoms with Crippen LogP contribution in [-0.4, -0.2) is 23.8 Å². The minimum Gasteiger partial charge on any atom is -0.496 e. The molecule has 0 aliphatic carbocycles. The second kappa shape index (κ2) is 6.64. The number of carbonyl (C=O) groups is 2. The molecule has 25 heavy (non-hydrogen) atoms. The second-order valence-corrected chi connectivity index (χ2v) is 5.53. The van der Waals surface area contributed by atoms with Gasteiger partial charge in [-0.05, 0) is 43.3 Å². The summed E-state index contributed by atoms with van der Waals surface area (Å²) in [6.07, 6.45) is 0.0459. The number of methoxy groups -OCH3 is 1. The molecule has 3 aromatic rings. The Hall–Kier alpha value is -3.35. The number of H-pyrrole nitrogens is 1. The summed E-state index contributed by atoms with van der Waals surface area (Å²) < 4.78 is 10.2. The summed E-state index contributed by atoms with van der Waals surface area (Å²) in [7, 11) is 1.51. The molecule has 0 atom stereocenters. The summed E-state index contributed by atoms with van der Waals surface area (Å²) in [6.45, 7) is 1.46. The van der Waals surface area contributed by atoms with E-state index in [1.54, 1.807) is 36.4 Å². The van der Waals surface area contributed by atoms with E-state index in [0.717, 1.165) is 0 Å². The largest absolute Gasteiger partial charge is 0.496 e. The van der Waals surface area contributed by atoms with Crippen LogP contribution < -0.4 is 15.8 Å². The third kappa shape index (κ3) is 3.60. The maximum Gasteiger partial charge on any atom is 0.417 e. The number of hydrogen-bond acceptors (Lipinski definition) is 5. The Morgan fingerprint density at radius 2 is 2.00 bits per heavy atom. The van der Waals surface area contributed by atoms with Gasteiger partial charge in [-0.3, -0.25) is 14.6 Å². The fourth-order valence-electron chi connectivity index (χ4n) is 2.54. The van der Waals surface area contributed by atoms with Gasteiger partial charge in [-0.25, -0.2) is 4.79 Å². The first-order valence-electron chi connectivity index (χ1n) is 7.57. The lowest BCUT2D eigenvalue weighted by atomic mass is 10.0. The van der Waals surface area contributed by atoms with Gasteiger partial charge < -0.3 is 14.5 Å². The number of fused-ring (bicyclic) bond motifs is 1. The van der Waals surface area contributed by atoms with E-state index >= 15 is 0 Å². The molecule has 7 heteroatoms. The van der Waals surface area contributed by atoms with Gasteiger partial charge in [0.25, 0.3) is 0 Å². The number of carbonyl (C=O) groups excluding carboxylic acids is 2. The molecule has 0 saturated heterocycles. The number of aromatic nitrogens is 1. The predicted molar refractivity (Wildman–Crippen MR) is 92.2 cm³/mol. The Morgan fingerprint density at radius 1 is 1.20 bits per heavy atom. The van der Waals surface area contributed by atoms with Crippen molar-refractivity contribution in [2.45, 2.75) is 13.3 Å². The molecule has 0 fully saturated rings. The van der Waals surface area contributed by atoms with E-state index in [2.05, 4.69) is 10.3 Å². The van der Waals surface area contributed by atoms with Crippen LogP contribution in [0.4, 0.5) is 5.69 Å². The van der Waals surface area contributed by atoms with Crippen LogP contribution in [0.5, 0.6) is 5.75 Å². The standard InChI is InChI=1S/C18H16N2O5/c1-10(21)11-3-5-15(24-2)12(7-11)8-17(22)19-13-4-6-16-14(9-13)20-18(23)25-16/h3-7,9H,8H2,1-2H3,(H,19,22)(H,20,23). The molecule has 1 amide bonds. The maximum absolute atomic E-state index is 12.3. The molecule has 0 aliphatic heterocycles. The topological polar surface area (TPSA) is 101 Å². The van der Waals surface area contributed by atoms with E-state index in [1.165, 1.54) is 14.0 Å². The van der Waals surface area contributed by atoms with E-state index < -0.39 is 5.76 Å². The first-order chi connectivity index (χ1) is 12.0. The van der Waals surface area contributed by atoms with Crippen LogP contribution in [-0.2, 0) is 11.2 Å². The highest BCUT2D eigenvalue weighted by Gasteiger charge is 2.12. The molecule has 0 unspecified atom stereocenters. The number of ketones is 1. The molecule has 2 aromatic carbocycles. The van der Waals surface area contributed by atoms with Gasteiger partial charge in [0, 0.05) is 16.8 Å². The van der Waals surface area contributed by atoms with Crippen LogP contribution >= 0.6 is 0 Å². The molecule has 0 radical (unpaired) electrons. The molecule has 0 bridgehead atoms. The monoisotopic (exact) mass is 340 g/mol. The van der Waals surface area contributed by atoms with Crippen LogP contribution in [0.2, 0.25) is 0 Å². The third-order valence-electron chi connectivity index (χ3n) is 3.74. The number of anilines is 1. The van der Waals surface area contributed by atoms with E-state index in [-0.39, 0.29) is 18.1 Å². The van der Waals surface area contributed by atoms with E-state index in [0.29, 0.717) is 33.7 Å². The highest BCUT2D eigenvalue weighted by atomic mass is 16.5. The van der Waals surface area contributed by atoms with Crippen molar-refractivity contribution in [3.8, 4) is 5.75 Å². The molecular weight excluding hydrogens is 324 g/mol. The van der Waals surface area contributed by atoms with Gasteiger partial charge >= 0.3 is 5.76 Å². The highest BCUT2D eigenvalue weighted by Crippen LogP contribution is 2.22. The quantitative estimate of drug-likeness (QED) is 0.695. The van der Waals surface area contributed by atoms with E-state index in [4.69, 9.17) is 9.15 Å². The Morgan fingerprint density at radius 3 is 2.72 bits per heavy atom. The van der Waals surface area contributed by atoms with Crippen LogP contribution in [0, 0.1) is 0 Å². The number of oxazole rings is 1. The molecule has 0 saturated carbocycles. The molecule has 3 rings (SSSR count). The van der Waals surface area contributed by atoms with E-state index in [9.17, 15) is 14.4 Å². The van der Waals surface area contributed by atoms with Crippen molar-refractivity contribution in [1.29, 1.82) is 0 Å². The summed E-state index contributed by atoms with van der Waals surface area (Å²) in [6, 6.07) is 9.83. The van der Waals surface area contributed by atoms with Crippen molar-refractivity contribution in [1.82, 2.24) is 4.98 Å². The van der Waals surface area contributed by atoms with Crippen LogP contribution in [0.15, 0.2) is 45.6 Å². The third-order valence-corrected chi connectivity index (χ3v) is 3.74. The Kier molecular flexibility index (Phi) is 4.38. The predicted octanol–water partition coefficient (Wildman–Crippen LogP) is 2.51. The SMILES string of the molecule is COc1ccc(C(C)=O)cc1CC(=O)Nc1ccc2oc(=O)[nH]c2c1. The van der Waals surface area contributed by atoms with Crippen molar-refractivity contribution < 1.29 is 18.7 Å². The van der Waals surface area contributed by atoms with Gasteiger partial charge in [0.2, 0.25) is 5.91 Å². The van der Waals surface area contributed by atoms with Crippen molar-refractivity contribution >= 4 is 28.5 Å². The van der Waals surface area contributed by atoms with Crippen molar-refractivity contribution in [2.24, 2.45) is 0 Å². The molecular formula is C18H16N2O5. The zero-order valence-corrected chi connectivity index (χ0v) is 13.7. The molecule has 0 aliphatic rings. The minimum absolute atomic E-state index is 0.0459. The number of amides is 1. The lowest BCUT2D eigenvalue weighted by Gasteiger charge is -2.10. The lowest BCUT2D eigenvalue weighted by Crippen LogP contribution is -2.15.